The molecule has 0 radical (unpaired) electrons. The Kier molecular flexibility index (Phi) is 3.89. The molecule has 1 aliphatic heterocycles. The highest BCUT2D eigenvalue weighted by atomic mass is 16.6. The minimum absolute atomic E-state index is 0.352. The number of amides is 2. The lowest BCUT2D eigenvalue weighted by Gasteiger charge is -2.31. The van der Waals surface area contributed by atoms with E-state index in [2.05, 4.69) is 4.98 Å². The molecule has 6 nitrogen and oxygen atoms in total. The summed E-state index contributed by atoms with van der Waals surface area (Å²) in [5.41, 5.74) is 7.77. The van der Waals surface area contributed by atoms with Crippen LogP contribution in [-0.2, 0) is 17.7 Å². The van der Waals surface area contributed by atoms with E-state index in [0.29, 0.717) is 30.8 Å². The molecular weight excluding hydrogens is 270 g/mol. The predicted octanol–water partition coefficient (Wildman–Crippen LogP) is 1.78. The zero-order valence-electron chi connectivity index (χ0n) is 12.9. The summed E-state index contributed by atoms with van der Waals surface area (Å²) in [7, 11) is 0. The van der Waals surface area contributed by atoms with Crippen molar-refractivity contribution in [3.63, 3.8) is 0 Å². The smallest absolute Gasteiger partial charge is 0.410 e. The SMILES string of the molecule is Cc1ncc2c(c1C(N)=O)CCN(C(=O)OC(C)(C)C)C2. The van der Waals surface area contributed by atoms with Gasteiger partial charge < -0.3 is 15.4 Å². The highest BCUT2D eigenvalue weighted by molar-refractivity contribution is 5.95. The number of fused-ring (bicyclic) bond motifs is 1. The van der Waals surface area contributed by atoms with Gasteiger partial charge in [-0.15, -0.1) is 0 Å². The molecular formula is C15H21N3O3. The van der Waals surface area contributed by atoms with Crippen molar-refractivity contribution in [2.75, 3.05) is 6.54 Å². The van der Waals surface area contributed by atoms with Gasteiger partial charge in [-0.2, -0.15) is 0 Å². The van der Waals surface area contributed by atoms with Crippen LogP contribution in [0.25, 0.3) is 0 Å². The number of hydrogen-bond acceptors (Lipinski definition) is 4. The molecule has 2 N–H and O–H groups in total. The van der Waals surface area contributed by atoms with Crippen LogP contribution in [0.3, 0.4) is 0 Å². The molecule has 1 aromatic heterocycles. The van der Waals surface area contributed by atoms with Crippen LogP contribution in [0.2, 0.25) is 0 Å². The lowest BCUT2D eigenvalue weighted by atomic mass is 9.95. The number of rotatable bonds is 1. The van der Waals surface area contributed by atoms with Gasteiger partial charge >= 0.3 is 6.09 Å². The van der Waals surface area contributed by atoms with Crippen LogP contribution in [0, 0.1) is 6.92 Å². The topological polar surface area (TPSA) is 85.5 Å². The fourth-order valence-electron chi connectivity index (χ4n) is 2.46. The molecule has 2 rings (SSSR count). The van der Waals surface area contributed by atoms with E-state index in [-0.39, 0.29) is 6.09 Å². The second kappa shape index (κ2) is 5.35. The van der Waals surface area contributed by atoms with Gasteiger partial charge in [-0.1, -0.05) is 0 Å². The van der Waals surface area contributed by atoms with Gasteiger partial charge in [0.05, 0.1) is 17.8 Å². The minimum atomic E-state index is -0.527. The zero-order chi connectivity index (χ0) is 15.8. The molecule has 0 spiro atoms. The number of pyridine rings is 1. The third-order valence-corrected chi connectivity index (χ3v) is 3.36. The quantitative estimate of drug-likeness (QED) is 0.854. The molecule has 1 aromatic rings. The Hall–Kier alpha value is -2.11. The fourth-order valence-corrected chi connectivity index (χ4v) is 2.46. The molecule has 1 aliphatic rings. The van der Waals surface area contributed by atoms with Crippen molar-refractivity contribution in [3.05, 3.63) is 28.6 Å². The van der Waals surface area contributed by atoms with E-state index < -0.39 is 11.5 Å². The molecule has 2 heterocycles. The lowest BCUT2D eigenvalue weighted by molar-refractivity contribution is 0.0223. The third-order valence-electron chi connectivity index (χ3n) is 3.36. The Morgan fingerprint density at radius 1 is 1.38 bits per heavy atom. The summed E-state index contributed by atoms with van der Waals surface area (Å²) in [5.74, 6) is -0.470. The summed E-state index contributed by atoms with van der Waals surface area (Å²) >= 11 is 0. The van der Waals surface area contributed by atoms with Gasteiger partial charge in [-0.25, -0.2) is 4.79 Å². The van der Waals surface area contributed by atoms with Crippen molar-refractivity contribution in [2.24, 2.45) is 5.73 Å². The maximum Gasteiger partial charge on any atom is 0.410 e. The second-order valence-electron chi connectivity index (χ2n) is 6.24. The summed E-state index contributed by atoms with van der Waals surface area (Å²) < 4.78 is 5.37. The molecule has 0 saturated carbocycles. The summed E-state index contributed by atoms with van der Waals surface area (Å²) in [5, 5.41) is 0. The van der Waals surface area contributed by atoms with Crippen LogP contribution in [0.15, 0.2) is 6.20 Å². The van der Waals surface area contributed by atoms with E-state index >= 15 is 0 Å². The normalized spacial score (nSPS) is 14.6. The molecule has 0 bridgehead atoms. The van der Waals surface area contributed by atoms with Crippen LogP contribution in [0.1, 0.15) is 48.0 Å². The molecule has 0 unspecified atom stereocenters. The van der Waals surface area contributed by atoms with Gasteiger partial charge in [0.2, 0.25) is 0 Å². The van der Waals surface area contributed by atoms with Gasteiger partial charge in [0.1, 0.15) is 5.60 Å². The molecule has 0 fully saturated rings. The van der Waals surface area contributed by atoms with E-state index in [9.17, 15) is 9.59 Å². The number of nitrogens with zero attached hydrogens (tertiary/aromatic N) is 2. The predicted molar refractivity (Wildman–Crippen MR) is 77.8 cm³/mol. The maximum atomic E-state index is 12.1. The molecule has 0 aromatic carbocycles. The summed E-state index contributed by atoms with van der Waals surface area (Å²) in [4.78, 5) is 29.5. The van der Waals surface area contributed by atoms with Crippen molar-refractivity contribution < 1.29 is 14.3 Å². The first-order valence-corrected chi connectivity index (χ1v) is 6.94. The zero-order valence-corrected chi connectivity index (χ0v) is 12.9. The third kappa shape index (κ3) is 3.32. The van der Waals surface area contributed by atoms with Crippen LogP contribution in [0.4, 0.5) is 4.79 Å². The first kappa shape index (κ1) is 15.3. The Labute approximate surface area is 124 Å². The number of nitrogens with two attached hydrogens (primary N) is 1. The molecule has 2 amide bonds. The number of aromatic nitrogens is 1. The van der Waals surface area contributed by atoms with Gasteiger partial charge in [0, 0.05) is 12.7 Å². The van der Waals surface area contributed by atoms with E-state index in [4.69, 9.17) is 10.5 Å². The van der Waals surface area contributed by atoms with Crippen LogP contribution < -0.4 is 5.73 Å². The lowest BCUT2D eigenvalue weighted by Crippen LogP contribution is -2.40. The highest BCUT2D eigenvalue weighted by Gasteiger charge is 2.28. The van der Waals surface area contributed by atoms with E-state index in [1.54, 1.807) is 18.0 Å². The Morgan fingerprint density at radius 3 is 2.62 bits per heavy atom. The summed E-state index contributed by atoms with van der Waals surface area (Å²) in [6.07, 6.45) is 1.93. The Balaban J connectivity index is 2.24. The molecule has 0 aliphatic carbocycles. The molecule has 114 valence electrons. The van der Waals surface area contributed by atoms with Crippen LogP contribution in [-0.4, -0.2) is 34.0 Å². The molecule has 0 atom stereocenters. The van der Waals surface area contributed by atoms with Gasteiger partial charge in [-0.3, -0.25) is 9.78 Å². The largest absolute Gasteiger partial charge is 0.444 e. The average Bonchev–Trinajstić information content (AvgIpc) is 2.35. The number of ether oxygens (including phenoxy) is 1. The average molecular weight is 291 g/mol. The van der Waals surface area contributed by atoms with E-state index in [0.717, 1.165) is 11.1 Å². The first-order chi connectivity index (χ1) is 9.69. The molecule has 0 saturated heterocycles. The number of primary amides is 1. The van der Waals surface area contributed by atoms with E-state index in [1.165, 1.54) is 0 Å². The molecule has 6 heteroatoms. The second-order valence-corrected chi connectivity index (χ2v) is 6.24. The highest BCUT2D eigenvalue weighted by Crippen LogP contribution is 2.24. The summed E-state index contributed by atoms with van der Waals surface area (Å²) in [6, 6.07) is 0. The monoisotopic (exact) mass is 291 g/mol. The Morgan fingerprint density at radius 2 is 2.05 bits per heavy atom. The Bertz CT molecular complexity index is 591. The van der Waals surface area contributed by atoms with Crippen molar-refractivity contribution in [1.29, 1.82) is 0 Å². The fraction of sp³-hybridized carbons (Fsp3) is 0.533. The maximum absolute atomic E-state index is 12.1. The van der Waals surface area contributed by atoms with Gasteiger partial charge in [0.15, 0.2) is 0 Å². The van der Waals surface area contributed by atoms with Crippen molar-refractivity contribution in [3.8, 4) is 0 Å². The number of carbonyl (C=O) groups is 2. The van der Waals surface area contributed by atoms with E-state index in [1.807, 2.05) is 20.8 Å². The van der Waals surface area contributed by atoms with Crippen molar-refractivity contribution in [1.82, 2.24) is 9.88 Å². The van der Waals surface area contributed by atoms with Crippen LogP contribution >= 0.6 is 0 Å². The van der Waals surface area contributed by atoms with Gasteiger partial charge in [0.25, 0.3) is 5.91 Å². The minimum Gasteiger partial charge on any atom is -0.444 e. The van der Waals surface area contributed by atoms with Crippen molar-refractivity contribution >= 4 is 12.0 Å². The van der Waals surface area contributed by atoms with Crippen molar-refractivity contribution in [2.45, 2.75) is 46.3 Å². The number of carbonyl (C=O) groups excluding carboxylic acids is 2. The number of aryl methyl sites for hydroxylation is 1. The van der Waals surface area contributed by atoms with Gasteiger partial charge in [-0.05, 0) is 45.2 Å². The first-order valence-electron chi connectivity index (χ1n) is 6.94. The molecule has 21 heavy (non-hydrogen) atoms. The standard InChI is InChI=1S/C15H21N3O3/c1-9-12(13(16)19)11-5-6-18(8-10(11)7-17-9)14(20)21-15(2,3)4/h7H,5-6,8H2,1-4H3,(H2,16,19). The van der Waals surface area contributed by atoms with Crippen LogP contribution in [0.5, 0.6) is 0 Å². The summed E-state index contributed by atoms with van der Waals surface area (Å²) in [6.45, 7) is 8.15. The number of hydrogen-bond donors (Lipinski definition) is 1.